The summed E-state index contributed by atoms with van der Waals surface area (Å²) in [4.78, 5) is 37.9. The third-order valence-corrected chi connectivity index (χ3v) is 6.95. The van der Waals surface area contributed by atoms with Gasteiger partial charge >= 0.3 is 0 Å². The number of halogens is 1. The van der Waals surface area contributed by atoms with Gasteiger partial charge in [-0.1, -0.05) is 6.08 Å². The number of nitrogens with zero attached hydrogens (tertiary/aromatic N) is 3. The summed E-state index contributed by atoms with van der Waals surface area (Å²) in [7, 11) is 5.53. The Morgan fingerprint density at radius 2 is 2.05 bits per heavy atom. The maximum atomic E-state index is 13.9. The van der Waals surface area contributed by atoms with Crippen molar-refractivity contribution in [3.8, 4) is 5.75 Å². The predicted octanol–water partition coefficient (Wildman–Crippen LogP) is 3.69. The number of carbonyl (C=O) groups excluding carboxylic acids is 2. The molecule has 1 aliphatic carbocycles. The van der Waals surface area contributed by atoms with Crippen LogP contribution in [0.1, 0.15) is 40.7 Å². The van der Waals surface area contributed by atoms with Crippen molar-refractivity contribution in [3.05, 3.63) is 76.5 Å². The number of amides is 1. The third-order valence-electron chi connectivity index (χ3n) is 6.95. The molecule has 1 aliphatic heterocycles. The molecular formula is C29H32FN5O3. The normalized spacial score (nSPS) is 16.1. The summed E-state index contributed by atoms with van der Waals surface area (Å²) in [6.45, 7) is 3.99. The number of aromatic amines is 1. The van der Waals surface area contributed by atoms with E-state index < -0.39 is 0 Å². The van der Waals surface area contributed by atoms with Gasteiger partial charge in [-0.25, -0.2) is 9.37 Å². The number of imidazole rings is 1. The number of H-pyrrole nitrogens is 1. The fourth-order valence-corrected chi connectivity index (χ4v) is 5.05. The number of nitrogens with one attached hydrogen (secondary N) is 2. The maximum absolute atomic E-state index is 13.9. The molecule has 8 nitrogen and oxygen atoms in total. The molecule has 0 saturated heterocycles. The summed E-state index contributed by atoms with van der Waals surface area (Å²) in [5, 5.41) is 3.41. The van der Waals surface area contributed by atoms with E-state index in [-0.39, 0.29) is 30.0 Å². The molecule has 2 aromatic carbocycles. The van der Waals surface area contributed by atoms with E-state index in [1.807, 2.05) is 50.2 Å². The summed E-state index contributed by atoms with van der Waals surface area (Å²) in [6.07, 6.45) is 4.48. The average Bonchev–Trinajstić information content (AvgIpc) is 3.41. The van der Waals surface area contributed by atoms with E-state index in [0.717, 1.165) is 23.2 Å². The first-order valence-electron chi connectivity index (χ1n) is 12.7. The van der Waals surface area contributed by atoms with Crippen LogP contribution in [0.25, 0.3) is 16.6 Å². The number of Topliss-reactive ketones (excluding diaryl/α,β-unsaturated/α-hetero) is 1. The van der Waals surface area contributed by atoms with Gasteiger partial charge in [0.1, 0.15) is 17.4 Å². The van der Waals surface area contributed by atoms with Crippen LogP contribution in [-0.2, 0) is 17.8 Å². The highest BCUT2D eigenvalue weighted by molar-refractivity contribution is 6.22. The number of methoxy groups -OCH3 is 1. The SMILES string of the molecule is COc1ccc(F)cc1C[C@H](C)NC1=C(c2nc3cc4c(cc3[nH]2)CN(CCN(C)C)C4=O)C(=O)CC=C1. The predicted molar refractivity (Wildman–Crippen MR) is 144 cm³/mol. The number of likely N-dealkylation sites (N-methyl/N-ethyl adjacent to an activating group) is 1. The Bertz CT molecular complexity index is 1470. The van der Waals surface area contributed by atoms with E-state index in [0.29, 0.717) is 53.4 Å². The highest BCUT2D eigenvalue weighted by Gasteiger charge is 2.29. The molecule has 9 heteroatoms. The topological polar surface area (TPSA) is 90.6 Å². The van der Waals surface area contributed by atoms with Crippen LogP contribution in [0.5, 0.6) is 5.75 Å². The quantitative estimate of drug-likeness (QED) is 0.450. The van der Waals surface area contributed by atoms with Gasteiger partial charge in [-0.05, 0) is 75.0 Å². The first-order valence-corrected chi connectivity index (χ1v) is 12.7. The molecule has 1 aromatic heterocycles. The first-order chi connectivity index (χ1) is 18.2. The molecule has 2 heterocycles. The zero-order valence-corrected chi connectivity index (χ0v) is 22.1. The molecule has 198 valence electrons. The Morgan fingerprint density at radius 1 is 1.24 bits per heavy atom. The van der Waals surface area contributed by atoms with Crippen LogP contribution in [0.2, 0.25) is 0 Å². The molecule has 0 fully saturated rings. The van der Waals surface area contributed by atoms with Crippen LogP contribution >= 0.6 is 0 Å². The summed E-state index contributed by atoms with van der Waals surface area (Å²) < 4.78 is 19.2. The van der Waals surface area contributed by atoms with E-state index in [9.17, 15) is 14.0 Å². The van der Waals surface area contributed by atoms with E-state index in [4.69, 9.17) is 9.72 Å². The van der Waals surface area contributed by atoms with Gasteiger partial charge in [0.25, 0.3) is 5.91 Å². The number of ether oxygens (including phenoxy) is 1. The van der Waals surface area contributed by atoms with E-state index in [1.54, 1.807) is 13.2 Å². The lowest BCUT2D eigenvalue weighted by molar-refractivity contribution is -0.113. The molecule has 0 unspecified atom stereocenters. The summed E-state index contributed by atoms with van der Waals surface area (Å²) in [5.41, 5.74) is 4.91. The third kappa shape index (κ3) is 5.06. The second kappa shape index (κ2) is 10.4. The molecule has 0 saturated carbocycles. The Hall–Kier alpha value is -3.98. The molecule has 3 aromatic rings. The largest absolute Gasteiger partial charge is 0.496 e. The molecule has 2 N–H and O–H groups in total. The Morgan fingerprint density at radius 3 is 2.82 bits per heavy atom. The van der Waals surface area contributed by atoms with Crippen molar-refractivity contribution in [3.63, 3.8) is 0 Å². The number of fused-ring (bicyclic) bond motifs is 2. The number of hydrogen-bond acceptors (Lipinski definition) is 6. The van der Waals surface area contributed by atoms with Crippen LogP contribution in [0.4, 0.5) is 4.39 Å². The van der Waals surface area contributed by atoms with Crippen LogP contribution < -0.4 is 10.1 Å². The Kier molecular flexibility index (Phi) is 7.03. The first kappa shape index (κ1) is 25.7. The summed E-state index contributed by atoms with van der Waals surface area (Å²) >= 11 is 0. The van der Waals surface area contributed by atoms with Gasteiger partial charge in [-0.15, -0.1) is 0 Å². The minimum absolute atomic E-state index is 0.00755. The number of benzene rings is 2. The van der Waals surface area contributed by atoms with Crippen molar-refractivity contribution in [2.75, 3.05) is 34.3 Å². The fourth-order valence-electron chi connectivity index (χ4n) is 5.05. The van der Waals surface area contributed by atoms with Crippen molar-refractivity contribution in [2.24, 2.45) is 0 Å². The molecule has 5 rings (SSSR count). The second-order valence-electron chi connectivity index (χ2n) is 10.2. The molecule has 0 radical (unpaired) electrons. The lowest BCUT2D eigenvalue weighted by Gasteiger charge is -2.21. The molecule has 1 amide bonds. The zero-order chi connectivity index (χ0) is 27.0. The van der Waals surface area contributed by atoms with Gasteiger partial charge in [0.2, 0.25) is 0 Å². The van der Waals surface area contributed by atoms with Gasteiger partial charge < -0.3 is 24.8 Å². The van der Waals surface area contributed by atoms with Crippen molar-refractivity contribution in [1.29, 1.82) is 0 Å². The number of aromatic nitrogens is 2. The molecule has 0 bridgehead atoms. The summed E-state index contributed by atoms with van der Waals surface area (Å²) in [6, 6.07) is 8.11. The zero-order valence-electron chi connectivity index (χ0n) is 22.1. The maximum Gasteiger partial charge on any atom is 0.254 e. The van der Waals surface area contributed by atoms with Crippen molar-refractivity contribution in [2.45, 2.75) is 32.4 Å². The standard InChI is InChI=1S/C29H32FN5O3/c1-17(12-18-13-20(30)8-9-26(18)38-4)31-22-6-5-7-25(36)27(22)28-32-23-14-19-16-35(11-10-34(2)3)29(37)21(19)15-24(23)33-28/h5-6,8-9,13-15,17,31H,7,10-12,16H2,1-4H3,(H,32,33)/t17-/m0/s1. The number of carbonyl (C=O) groups is 2. The van der Waals surface area contributed by atoms with Gasteiger partial charge in [0.05, 0.1) is 23.7 Å². The number of allylic oxidation sites excluding steroid dienone is 3. The molecule has 1 atom stereocenters. The van der Waals surface area contributed by atoms with Crippen molar-refractivity contribution < 1.29 is 18.7 Å². The average molecular weight is 518 g/mol. The molecule has 38 heavy (non-hydrogen) atoms. The van der Waals surface area contributed by atoms with Gasteiger partial charge in [0, 0.05) is 43.4 Å². The number of hydrogen-bond donors (Lipinski definition) is 2. The Balaban J connectivity index is 1.42. The highest BCUT2D eigenvalue weighted by Crippen LogP contribution is 2.30. The van der Waals surface area contributed by atoms with E-state index in [1.165, 1.54) is 12.1 Å². The minimum Gasteiger partial charge on any atom is -0.496 e. The summed E-state index contributed by atoms with van der Waals surface area (Å²) in [5.74, 6) is 0.711. The number of rotatable bonds is 9. The second-order valence-corrected chi connectivity index (χ2v) is 10.2. The van der Waals surface area contributed by atoms with E-state index in [2.05, 4.69) is 15.2 Å². The lowest BCUT2D eigenvalue weighted by Crippen LogP contribution is -2.31. The fraction of sp³-hybridized carbons (Fsp3) is 0.345. The monoisotopic (exact) mass is 517 g/mol. The van der Waals surface area contributed by atoms with Crippen LogP contribution in [-0.4, -0.2) is 71.8 Å². The molecule has 0 spiro atoms. The van der Waals surface area contributed by atoms with Crippen LogP contribution in [0.3, 0.4) is 0 Å². The number of ketones is 1. The van der Waals surface area contributed by atoms with Gasteiger partial charge in [0.15, 0.2) is 5.78 Å². The molecular weight excluding hydrogens is 485 g/mol. The smallest absolute Gasteiger partial charge is 0.254 e. The van der Waals surface area contributed by atoms with Gasteiger partial charge in [-0.2, -0.15) is 0 Å². The minimum atomic E-state index is -0.325. The highest BCUT2D eigenvalue weighted by atomic mass is 19.1. The van der Waals surface area contributed by atoms with Gasteiger partial charge in [-0.3, -0.25) is 9.59 Å². The van der Waals surface area contributed by atoms with Crippen LogP contribution in [0.15, 0.2) is 48.2 Å². The van der Waals surface area contributed by atoms with Crippen LogP contribution in [0, 0.1) is 5.82 Å². The van der Waals surface area contributed by atoms with E-state index >= 15 is 0 Å². The van der Waals surface area contributed by atoms with Crippen molar-refractivity contribution in [1.82, 2.24) is 25.1 Å². The Labute approximate surface area is 221 Å². The molecule has 2 aliphatic rings. The lowest BCUT2D eigenvalue weighted by atomic mass is 9.98. The van der Waals surface area contributed by atoms with Crippen molar-refractivity contribution >= 4 is 28.3 Å².